The standard InChI is InChI=1S/C21H27N3O2/c1-13-19(15(3)25)14(2)22-20(13)21(26)24-18-11-9-17(10-12-18)23-16-7-5-4-6-8-16/h9-12,16,22-23H,4-8H2,1-3H3,(H,24,26). The minimum absolute atomic E-state index is 0.0339. The molecule has 1 aromatic carbocycles. The molecule has 1 aliphatic rings. The Balaban J connectivity index is 1.66. The Hall–Kier alpha value is -2.56. The molecule has 5 nitrogen and oxygen atoms in total. The molecule has 0 radical (unpaired) electrons. The molecule has 0 unspecified atom stereocenters. The van der Waals surface area contributed by atoms with E-state index >= 15 is 0 Å². The number of nitrogens with one attached hydrogen (secondary N) is 3. The first-order valence-electron chi connectivity index (χ1n) is 9.33. The van der Waals surface area contributed by atoms with Crippen molar-refractivity contribution in [2.45, 2.75) is 58.9 Å². The van der Waals surface area contributed by atoms with Crippen molar-refractivity contribution >= 4 is 23.1 Å². The lowest BCUT2D eigenvalue weighted by Gasteiger charge is -2.23. The Kier molecular flexibility index (Phi) is 5.45. The smallest absolute Gasteiger partial charge is 0.272 e. The molecule has 5 heteroatoms. The van der Waals surface area contributed by atoms with Gasteiger partial charge in [-0.1, -0.05) is 19.3 Å². The zero-order chi connectivity index (χ0) is 18.7. The van der Waals surface area contributed by atoms with Gasteiger partial charge >= 0.3 is 0 Å². The van der Waals surface area contributed by atoms with E-state index in [1.165, 1.54) is 39.0 Å². The summed E-state index contributed by atoms with van der Waals surface area (Å²) in [4.78, 5) is 27.3. The average molecular weight is 353 g/mol. The summed E-state index contributed by atoms with van der Waals surface area (Å²) in [6, 6.07) is 8.36. The van der Waals surface area contributed by atoms with Crippen LogP contribution in [0.4, 0.5) is 11.4 Å². The van der Waals surface area contributed by atoms with Crippen LogP contribution in [0.5, 0.6) is 0 Å². The molecule has 1 aromatic heterocycles. The molecule has 26 heavy (non-hydrogen) atoms. The summed E-state index contributed by atoms with van der Waals surface area (Å²) in [5, 5.41) is 6.47. The zero-order valence-electron chi connectivity index (χ0n) is 15.7. The van der Waals surface area contributed by atoms with Crippen LogP contribution in [-0.4, -0.2) is 22.7 Å². The molecule has 1 saturated carbocycles. The second kappa shape index (κ2) is 7.77. The van der Waals surface area contributed by atoms with Crippen molar-refractivity contribution in [2.75, 3.05) is 10.6 Å². The van der Waals surface area contributed by atoms with Crippen LogP contribution >= 0.6 is 0 Å². The van der Waals surface area contributed by atoms with E-state index in [0.29, 0.717) is 22.9 Å². The maximum atomic E-state index is 12.6. The first kappa shape index (κ1) is 18.2. The average Bonchev–Trinajstić information content (AvgIpc) is 2.92. The molecule has 3 N–H and O–H groups in total. The summed E-state index contributed by atoms with van der Waals surface area (Å²) in [5.74, 6) is -0.264. The maximum Gasteiger partial charge on any atom is 0.272 e. The largest absolute Gasteiger partial charge is 0.382 e. The van der Waals surface area contributed by atoms with Crippen LogP contribution in [0.2, 0.25) is 0 Å². The number of Topliss-reactive ketones (excluding diaryl/α,β-unsaturated/α-hetero) is 1. The molecule has 1 amide bonds. The number of anilines is 2. The number of aromatic amines is 1. The van der Waals surface area contributed by atoms with Crippen molar-refractivity contribution in [1.29, 1.82) is 0 Å². The van der Waals surface area contributed by atoms with E-state index in [9.17, 15) is 9.59 Å². The monoisotopic (exact) mass is 353 g/mol. The van der Waals surface area contributed by atoms with Crippen molar-refractivity contribution in [2.24, 2.45) is 0 Å². The highest BCUT2D eigenvalue weighted by atomic mass is 16.2. The quantitative estimate of drug-likeness (QED) is 0.674. The van der Waals surface area contributed by atoms with E-state index in [0.717, 1.165) is 17.1 Å². The highest BCUT2D eigenvalue weighted by molar-refractivity contribution is 6.07. The number of hydrogen-bond acceptors (Lipinski definition) is 3. The number of amides is 1. The molecule has 0 saturated heterocycles. The maximum absolute atomic E-state index is 12.6. The second-order valence-corrected chi connectivity index (χ2v) is 7.19. The lowest BCUT2D eigenvalue weighted by molar-refractivity contribution is 0.101. The molecule has 1 aliphatic carbocycles. The summed E-state index contributed by atoms with van der Waals surface area (Å²) < 4.78 is 0. The predicted octanol–water partition coefficient (Wildman–Crippen LogP) is 4.83. The van der Waals surface area contributed by atoms with E-state index in [1.807, 2.05) is 31.2 Å². The van der Waals surface area contributed by atoms with Crippen LogP contribution in [0.1, 0.15) is 71.1 Å². The number of rotatable bonds is 5. The van der Waals surface area contributed by atoms with Crippen LogP contribution in [0.15, 0.2) is 24.3 Å². The lowest BCUT2D eigenvalue weighted by atomic mass is 9.95. The van der Waals surface area contributed by atoms with E-state index in [4.69, 9.17) is 0 Å². The van der Waals surface area contributed by atoms with Gasteiger partial charge in [-0.25, -0.2) is 0 Å². The number of carbonyl (C=O) groups excluding carboxylic acids is 2. The molecule has 0 bridgehead atoms. The molecule has 1 heterocycles. The molecular weight excluding hydrogens is 326 g/mol. The van der Waals surface area contributed by atoms with Crippen LogP contribution < -0.4 is 10.6 Å². The summed E-state index contributed by atoms with van der Waals surface area (Å²) >= 11 is 0. The zero-order valence-corrected chi connectivity index (χ0v) is 15.7. The number of aromatic nitrogens is 1. The van der Waals surface area contributed by atoms with E-state index < -0.39 is 0 Å². The molecule has 0 aliphatic heterocycles. The van der Waals surface area contributed by atoms with Crippen molar-refractivity contribution in [1.82, 2.24) is 4.98 Å². The van der Waals surface area contributed by atoms with Gasteiger partial charge in [0.25, 0.3) is 5.91 Å². The highest BCUT2D eigenvalue weighted by Gasteiger charge is 2.20. The van der Waals surface area contributed by atoms with Gasteiger partial charge in [-0.05, 0) is 63.4 Å². The highest BCUT2D eigenvalue weighted by Crippen LogP contribution is 2.23. The molecular formula is C21H27N3O2. The van der Waals surface area contributed by atoms with Crippen molar-refractivity contribution in [3.05, 3.63) is 46.8 Å². The van der Waals surface area contributed by atoms with E-state index in [1.54, 1.807) is 6.92 Å². The van der Waals surface area contributed by atoms with Crippen molar-refractivity contribution in [3.8, 4) is 0 Å². The third-order valence-corrected chi connectivity index (χ3v) is 5.14. The molecule has 138 valence electrons. The Morgan fingerprint density at radius 2 is 1.62 bits per heavy atom. The van der Waals surface area contributed by atoms with Gasteiger partial charge in [0.05, 0.1) is 0 Å². The first-order valence-corrected chi connectivity index (χ1v) is 9.33. The lowest BCUT2D eigenvalue weighted by Crippen LogP contribution is -2.22. The number of ketones is 1. The Bertz CT molecular complexity index is 799. The minimum atomic E-state index is -0.230. The van der Waals surface area contributed by atoms with Gasteiger partial charge in [-0.3, -0.25) is 9.59 Å². The van der Waals surface area contributed by atoms with Crippen molar-refractivity contribution in [3.63, 3.8) is 0 Å². The second-order valence-electron chi connectivity index (χ2n) is 7.19. The molecule has 0 spiro atoms. The summed E-state index contributed by atoms with van der Waals surface area (Å²) in [5.41, 5.74) is 4.29. The van der Waals surface area contributed by atoms with Gasteiger partial charge in [0.15, 0.2) is 5.78 Å². The van der Waals surface area contributed by atoms with E-state index in [-0.39, 0.29) is 11.7 Å². The normalized spacial score (nSPS) is 14.9. The number of carbonyl (C=O) groups is 2. The fraction of sp³-hybridized carbons (Fsp3) is 0.429. The van der Waals surface area contributed by atoms with Gasteiger partial charge in [0.2, 0.25) is 0 Å². The fourth-order valence-corrected chi connectivity index (χ4v) is 3.83. The van der Waals surface area contributed by atoms with Crippen LogP contribution in [0.3, 0.4) is 0 Å². The number of benzene rings is 1. The number of aryl methyl sites for hydroxylation is 1. The third kappa shape index (κ3) is 3.98. The van der Waals surface area contributed by atoms with Crippen LogP contribution in [0.25, 0.3) is 0 Å². The van der Waals surface area contributed by atoms with Crippen LogP contribution in [0, 0.1) is 13.8 Å². The summed E-state index contributed by atoms with van der Waals surface area (Å²) in [7, 11) is 0. The van der Waals surface area contributed by atoms with Gasteiger partial charge in [0, 0.05) is 28.7 Å². The summed E-state index contributed by atoms with van der Waals surface area (Å²) in [6.07, 6.45) is 6.38. The Morgan fingerprint density at radius 3 is 2.19 bits per heavy atom. The van der Waals surface area contributed by atoms with Gasteiger partial charge in [-0.2, -0.15) is 0 Å². The fourth-order valence-electron chi connectivity index (χ4n) is 3.83. The SMILES string of the molecule is CC(=O)c1c(C)[nH]c(C(=O)Nc2ccc(NC3CCCCC3)cc2)c1C. The molecule has 2 aromatic rings. The third-order valence-electron chi connectivity index (χ3n) is 5.14. The van der Waals surface area contributed by atoms with Gasteiger partial charge < -0.3 is 15.6 Å². The Labute approximate surface area is 154 Å². The van der Waals surface area contributed by atoms with Gasteiger partial charge in [0.1, 0.15) is 5.69 Å². The first-order chi connectivity index (χ1) is 12.5. The molecule has 0 atom stereocenters. The molecule has 3 rings (SSSR count). The number of hydrogen-bond donors (Lipinski definition) is 3. The van der Waals surface area contributed by atoms with Gasteiger partial charge in [-0.15, -0.1) is 0 Å². The predicted molar refractivity (Wildman–Crippen MR) is 105 cm³/mol. The number of H-pyrrole nitrogens is 1. The van der Waals surface area contributed by atoms with Crippen molar-refractivity contribution < 1.29 is 9.59 Å². The Morgan fingerprint density at radius 1 is 1.00 bits per heavy atom. The van der Waals surface area contributed by atoms with E-state index in [2.05, 4.69) is 15.6 Å². The topological polar surface area (TPSA) is 74.0 Å². The minimum Gasteiger partial charge on any atom is -0.382 e. The molecule has 1 fully saturated rings. The van der Waals surface area contributed by atoms with Crippen LogP contribution in [-0.2, 0) is 0 Å². The summed E-state index contributed by atoms with van der Waals surface area (Å²) in [6.45, 7) is 5.13.